The second-order valence-corrected chi connectivity index (χ2v) is 4.64. The fourth-order valence-electron chi connectivity index (χ4n) is 2.31. The first-order chi connectivity index (χ1) is 9.11. The minimum absolute atomic E-state index is 0.155. The van der Waals surface area contributed by atoms with E-state index < -0.39 is 5.97 Å². The van der Waals surface area contributed by atoms with E-state index in [1.165, 1.54) is 6.20 Å². The molecule has 1 aromatic rings. The molecule has 1 atom stereocenters. The number of aromatic nitrogens is 2. The SMILES string of the molecule is CCOC1CCCN(c2ncc(C(=O)O)c(C)n2)C1. The lowest BCUT2D eigenvalue weighted by atomic mass is 10.1. The molecular formula is C13H19N3O3. The third kappa shape index (κ3) is 3.20. The number of hydrogen-bond donors (Lipinski definition) is 1. The number of aryl methyl sites for hydroxylation is 1. The van der Waals surface area contributed by atoms with Crippen molar-refractivity contribution in [1.82, 2.24) is 9.97 Å². The lowest BCUT2D eigenvalue weighted by Crippen LogP contribution is -2.40. The summed E-state index contributed by atoms with van der Waals surface area (Å²) in [6, 6.07) is 0. The molecule has 104 valence electrons. The first-order valence-electron chi connectivity index (χ1n) is 6.55. The van der Waals surface area contributed by atoms with Crippen molar-refractivity contribution in [3.63, 3.8) is 0 Å². The summed E-state index contributed by atoms with van der Waals surface area (Å²) in [5.74, 6) is -0.401. The maximum absolute atomic E-state index is 10.9. The van der Waals surface area contributed by atoms with Crippen molar-refractivity contribution in [2.24, 2.45) is 0 Å². The van der Waals surface area contributed by atoms with Crippen molar-refractivity contribution in [1.29, 1.82) is 0 Å². The van der Waals surface area contributed by atoms with E-state index in [1.807, 2.05) is 6.92 Å². The fourth-order valence-corrected chi connectivity index (χ4v) is 2.31. The van der Waals surface area contributed by atoms with Crippen LogP contribution in [0.4, 0.5) is 5.95 Å². The quantitative estimate of drug-likeness (QED) is 0.889. The van der Waals surface area contributed by atoms with Crippen LogP contribution in [-0.4, -0.2) is 46.8 Å². The van der Waals surface area contributed by atoms with Gasteiger partial charge in [0.1, 0.15) is 0 Å². The minimum atomic E-state index is -0.991. The molecule has 0 saturated carbocycles. The third-order valence-electron chi connectivity index (χ3n) is 3.26. The zero-order chi connectivity index (χ0) is 13.8. The molecule has 1 N–H and O–H groups in total. The number of piperidine rings is 1. The predicted octanol–water partition coefficient (Wildman–Crippen LogP) is 1.49. The molecule has 1 unspecified atom stereocenters. The Kier molecular flexibility index (Phi) is 4.31. The van der Waals surface area contributed by atoms with Gasteiger partial charge in [0.15, 0.2) is 0 Å². The monoisotopic (exact) mass is 265 g/mol. The number of carboxylic acid groups (broad SMARTS) is 1. The maximum Gasteiger partial charge on any atom is 0.339 e. The summed E-state index contributed by atoms with van der Waals surface area (Å²) in [6.07, 6.45) is 3.68. The zero-order valence-electron chi connectivity index (χ0n) is 11.3. The van der Waals surface area contributed by atoms with Gasteiger partial charge in [-0.15, -0.1) is 0 Å². The third-order valence-corrected chi connectivity index (χ3v) is 3.26. The van der Waals surface area contributed by atoms with Crippen molar-refractivity contribution in [2.75, 3.05) is 24.6 Å². The Bertz CT molecular complexity index is 462. The molecule has 0 amide bonds. The van der Waals surface area contributed by atoms with Crippen LogP contribution in [0.5, 0.6) is 0 Å². The molecule has 2 heterocycles. The summed E-state index contributed by atoms with van der Waals surface area (Å²) >= 11 is 0. The number of carboxylic acids is 1. The number of nitrogens with zero attached hydrogens (tertiary/aromatic N) is 3. The van der Waals surface area contributed by atoms with Crippen molar-refractivity contribution in [2.45, 2.75) is 32.8 Å². The molecule has 0 spiro atoms. The van der Waals surface area contributed by atoms with Gasteiger partial charge in [-0.25, -0.2) is 14.8 Å². The Balaban J connectivity index is 2.13. The largest absolute Gasteiger partial charge is 0.478 e. The van der Waals surface area contributed by atoms with Gasteiger partial charge in [0.05, 0.1) is 17.4 Å². The summed E-state index contributed by atoms with van der Waals surface area (Å²) in [5.41, 5.74) is 0.651. The maximum atomic E-state index is 10.9. The predicted molar refractivity (Wildman–Crippen MR) is 70.6 cm³/mol. The van der Waals surface area contributed by atoms with E-state index in [-0.39, 0.29) is 11.7 Å². The lowest BCUT2D eigenvalue weighted by molar-refractivity contribution is 0.0523. The number of aromatic carboxylic acids is 1. The van der Waals surface area contributed by atoms with E-state index in [0.717, 1.165) is 25.9 Å². The summed E-state index contributed by atoms with van der Waals surface area (Å²) in [5, 5.41) is 8.97. The normalized spacial score (nSPS) is 19.5. The van der Waals surface area contributed by atoms with Crippen LogP contribution in [0.2, 0.25) is 0 Å². The van der Waals surface area contributed by atoms with E-state index in [1.54, 1.807) is 6.92 Å². The van der Waals surface area contributed by atoms with E-state index in [9.17, 15) is 4.79 Å². The minimum Gasteiger partial charge on any atom is -0.478 e. The van der Waals surface area contributed by atoms with Gasteiger partial charge in [0, 0.05) is 25.9 Å². The first kappa shape index (κ1) is 13.7. The number of hydrogen-bond acceptors (Lipinski definition) is 5. The zero-order valence-corrected chi connectivity index (χ0v) is 11.3. The number of ether oxygens (including phenoxy) is 1. The van der Waals surface area contributed by atoms with Crippen LogP contribution in [0.1, 0.15) is 35.8 Å². The van der Waals surface area contributed by atoms with E-state index >= 15 is 0 Å². The molecule has 6 heteroatoms. The topological polar surface area (TPSA) is 75.5 Å². The number of rotatable bonds is 4. The highest BCUT2D eigenvalue weighted by molar-refractivity contribution is 5.88. The van der Waals surface area contributed by atoms with Gasteiger partial charge in [0.25, 0.3) is 0 Å². The molecule has 0 bridgehead atoms. The fraction of sp³-hybridized carbons (Fsp3) is 0.615. The highest BCUT2D eigenvalue weighted by atomic mass is 16.5. The van der Waals surface area contributed by atoms with Gasteiger partial charge >= 0.3 is 5.97 Å². The van der Waals surface area contributed by atoms with Crippen LogP contribution < -0.4 is 4.90 Å². The van der Waals surface area contributed by atoms with Crippen LogP contribution in [0.25, 0.3) is 0 Å². The molecule has 0 aromatic carbocycles. The Morgan fingerprint density at radius 3 is 3.05 bits per heavy atom. The van der Waals surface area contributed by atoms with Gasteiger partial charge in [-0.3, -0.25) is 0 Å². The summed E-state index contributed by atoms with van der Waals surface area (Å²) in [4.78, 5) is 21.4. The van der Waals surface area contributed by atoms with E-state index in [2.05, 4.69) is 14.9 Å². The van der Waals surface area contributed by atoms with Gasteiger partial charge in [-0.05, 0) is 26.7 Å². The molecule has 6 nitrogen and oxygen atoms in total. The standard InChI is InChI=1S/C13H19N3O3/c1-3-19-10-5-4-6-16(8-10)13-14-7-11(12(17)18)9(2)15-13/h7,10H,3-6,8H2,1-2H3,(H,17,18). The molecule has 1 aromatic heterocycles. The second-order valence-electron chi connectivity index (χ2n) is 4.64. The van der Waals surface area contributed by atoms with Crippen LogP contribution in [0, 0.1) is 6.92 Å². The molecule has 1 fully saturated rings. The first-order valence-corrected chi connectivity index (χ1v) is 6.55. The van der Waals surface area contributed by atoms with Gasteiger partial charge in [-0.1, -0.05) is 0 Å². The van der Waals surface area contributed by atoms with Crippen molar-refractivity contribution in [3.05, 3.63) is 17.5 Å². The van der Waals surface area contributed by atoms with Gasteiger partial charge < -0.3 is 14.7 Å². The molecule has 19 heavy (non-hydrogen) atoms. The number of carbonyl (C=O) groups is 1. The molecule has 0 aliphatic carbocycles. The highest BCUT2D eigenvalue weighted by Gasteiger charge is 2.22. The second kappa shape index (κ2) is 5.97. The summed E-state index contributed by atoms with van der Waals surface area (Å²) in [6.45, 7) is 6.03. The Labute approximate surface area is 112 Å². The van der Waals surface area contributed by atoms with Crippen LogP contribution in [-0.2, 0) is 4.74 Å². The van der Waals surface area contributed by atoms with Crippen molar-refractivity contribution >= 4 is 11.9 Å². The smallest absolute Gasteiger partial charge is 0.339 e. The molecule has 1 aliphatic rings. The Hall–Kier alpha value is -1.69. The van der Waals surface area contributed by atoms with E-state index in [4.69, 9.17) is 9.84 Å². The molecule has 1 saturated heterocycles. The van der Waals surface area contributed by atoms with Crippen molar-refractivity contribution in [3.8, 4) is 0 Å². The van der Waals surface area contributed by atoms with Crippen molar-refractivity contribution < 1.29 is 14.6 Å². The Morgan fingerprint density at radius 1 is 1.63 bits per heavy atom. The average molecular weight is 265 g/mol. The average Bonchev–Trinajstić information content (AvgIpc) is 2.39. The number of anilines is 1. The molecular weight excluding hydrogens is 246 g/mol. The summed E-state index contributed by atoms with van der Waals surface area (Å²) in [7, 11) is 0. The van der Waals surface area contributed by atoms with E-state index in [0.29, 0.717) is 18.2 Å². The Morgan fingerprint density at radius 2 is 2.42 bits per heavy atom. The van der Waals surface area contributed by atoms with Crippen LogP contribution in [0.3, 0.4) is 0 Å². The molecule has 2 rings (SSSR count). The summed E-state index contributed by atoms with van der Waals surface area (Å²) < 4.78 is 5.64. The van der Waals surface area contributed by atoms with Gasteiger partial charge in [0.2, 0.25) is 5.95 Å². The molecule has 0 radical (unpaired) electrons. The van der Waals surface area contributed by atoms with Gasteiger partial charge in [-0.2, -0.15) is 0 Å². The van der Waals surface area contributed by atoms with Crippen LogP contribution >= 0.6 is 0 Å². The highest BCUT2D eigenvalue weighted by Crippen LogP contribution is 2.19. The lowest BCUT2D eigenvalue weighted by Gasteiger charge is -2.32. The van der Waals surface area contributed by atoms with Crippen LogP contribution in [0.15, 0.2) is 6.20 Å². The molecule has 1 aliphatic heterocycles.